The van der Waals surface area contributed by atoms with E-state index < -0.39 is 8.32 Å². The monoisotopic (exact) mass is 200 g/mol. The van der Waals surface area contributed by atoms with Gasteiger partial charge in [-0.3, -0.25) is 0 Å². The Labute approximate surface area is 84.3 Å². The van der Waals surface area contributed by atoms with Crippen molar-refractivity contribution in [2.75, 3.05) is 6.61 Å². The van der Waals surface area contributed by atoms with E-state index in [4.69, 9.17) is 4.43 Å². The van der Waals surface area contributed by atoms with E-state index in [0.717, 1.165) is 6.61 Å². The molecule has 0 aliphatic carbocycles. The quantitative estimate of drug-likeness (QED) is 0.495. The molecule has 1 nitrogen and oxygen atoms in total. The van der Waals surface area contributed by atoms with Crippen LogP contribution in [0.2, 0.25) is 18.1 Å². The Morgan fingerprint density at radius 3 is 2.00 bits per heavy atom. The lowest BCUT2D eigenvalue weighted by Crippen LogP contribution is -2.40. The second kappa shape index (κ2) is 4.42. The van der Waals surface area contributed by atoms with Crippen molar-refractivity contribution in [3.63, 3.8) is 0 Å². The van der Waals surface area contributed by atoms with Crippen LogP contribution in [0.4, 0.5) is 0 Å². The van der Waals surface area contributed by atoms with E-state index in [-0.39, 0.29) is 0 Å². The van der Waals surface area contributed by atoms with Crippen LogP contribution in [0.3, 0.4) is 0 Å². The van der Waals surface area contributed by atoms with Gasteiger partial charge in [-0.2, -0.15) is 0 Å². The van der Waals surface area contributed by atoms with Crippen LogP contribution in [0.25, 0.3) is 0 Å². The van der Waals surface area contributed by atoms with Gasteiger partial charge in [0.25, 0.3) is 0 Å². The molecule has 0 saturated heterocycles. The summed E-state index contributed by atoms with van der Waals surface area (Å²) >= 11 is 0. The van der Waals surface area contributed by atoms with Crippen LogP contribution in [0.1, 0.15) is 34.6 Å². The van der Waals surface area contributed by atoms with E-state index in [2.05, 4.69) is 53.8 Å². The van der Waals surface area contributed by atoms with Crippen molar-refractivity contribution in [3.05, 3.63) is 11.6 Å². The molecule has 0 saturated carbocycles. The number of hydrogen-bond acceptors (Lipinski definition) is 1. The first-order valence-electron chi connectivity index (χ1n) is 4.94. The second-order valence-electron chi connectivity index (χ2n) is 5.35. The summed E-state index contributed by atoms with van der Waals surface area (Å²) in [5.74, 6) is 0. The largest absolute Gasteiger partial charge is 0.413 e. The molecular weight excluding hydrogens is 176 g/mol. The van der Waals surface area contributed by atoms with Gasteiger partial charge in [0.05, 0.1) is 6.61 Å². The Bertz CT molecular complexity index is 183. The first-order valence-corrected chi connectivity index (χ1v) is 7.85. The van der Waals surface area contributed by atoms with Gasteiger partial charge in [-0.05, 0) is 32.0 Å². The summed E-state index contributed by atoms with van der Waals surface area (Å²) in [6.45, 7) is 16.4. The maximum Gasteiger partial charge on any atom is 0.192 e. The summed E-state index contributed by atoms with van der Waals surface area (Å²) in [6.07, 6.45) is 2.15. The number of hydrogen-bond donors (Lipinski definition) is 0. The van der Waals surface area contributed by atoms with Gasteiger partial charge in [0.15, 0.2) is 8.32 Å². The van der Waals surface area contributed by atoms with Crippen molar-refractivity contribution in [1.82, 2.24) is 0 Å². The maximum absolute atomic E-state index is 5.97. The van der Waals surface area contributed by atoms with Gasteiger partial charge in [-0.25, -0.2) is 0 Å². The molecule has 2 heteroatoms. The van der Waals surface area contributed by atoms with Crippen molar-refractivity contribution in [1.29, 1.82) is 0 Å². The lowest BCUT2D eigenvalue weighted by atomic mass is 10.2. The van der Waals surface area contributed by atoms with E-state index in [9.17, 15) is 0 Å². The minimum Gasteiger partial charge on any atom is -0.413 e. The minimum absolute atomic E-state index is 0.322. The molecular formula is C11H24OSi. The molecule has 0 rings (SSSR count). The summed E-state index contributed by atoms with van der Waals surface area (Å²) in [5, 5.41) is 0.322. The fourth-order valence-corrected chi connectivity index (χ4v) is 1.57. The Balaban J connectivity index is 4.12. The van der Waals surface area contributed by atoms with Gasteiger partial charge < -0.3 is 4.43 Å². The first kappa shape index (κ1) is 12.9. The van der Waals surface area contributed by atoms with E-state index in [1.165, 1.54) is 5.57 Å². The molecule has 0 radical (unpaired) electrons. The normalized spacial score (nSPS) is 12.8. The van der Waals surface area contributed by atoms with Crippen LogP contribution in [0, 0.1) is 0 Å². The molecule has 13 heavy (non-hydrogen) atoms. The molecule has 78 valence electrons. The van der Waals surface area contributed by atoms with Crippen LogP contribution in [0.5, 0.6) is 0 Å². The minimum atomic E-state index is -1.52. The third-order valence-electron chi connectivity index (χ3n) is 2.74. The van der Waals surface area contributed by atoms with Crippen LogP contribution in [-0.2, 0) is 4.43 Å². The highest BCUT2D eigenvalue weighted by atomic mass is 28.4. The number of allylic oxidation sites excluding steroid dienone is 1. The van der Waals surface area contributed by atoms with Crippen molar-refractivity contribution in [3.8, 4) is 0 Å². The molecule has 0 atom stereocenters. The summed E-state index contributed by atoms with van der Waals surface area (Å²) in [6, 6.07) is 0. The molecule has 0 spiro atoms. The third-order valence-corrected chi connectivity index (χ3v) is 7.24. The van der Waals surface area contributed by atoms with Crippen molar-refractivity contribution in [2.45, 2.75) is 52.8 Å². The van der Waals surface area contributed by atoms with Crippen LogP contribution in [0.15, 0.2) is 11.6 Å². The zero-order chi connectivity index (χ0) is 10.7. The topological polar surface area (TPSA) is 9.23 Å². The molecule has 0 heterocycles. The van der Waals surface area contributed by atoms with Gasteiger partial charge in [0, 0.05) is 0 Å². The zero-order valence-corrected chi connectivity index (χ0v) is 11.2. The highest BCUT2D eigenvalue weighted by Gasteiger charge is 2.36. The first-order chi connectivity index (χ1) is 5.67. The fraction of sp³-hybridized carbons (Fsp3) is 0.818. The van der Waals surface area contributed by atoms with Gasteiger partial charge in [0.1, 0.15) is 0 Å². The van der Waals surface area contributed by atoms with E-state index in [1.54, 1.807) is 0 Å². The summed E-state index contributed by atoms with van der Waals surface area (Å²) in [7, 11) is -1.52. The van der Waals surface area contributed by atoms with Crippen LogP contribution in [-0.4, -0.2) is 14.9 Å². The Hall–Kier alpha value is -0.0831. The van der Waals surface area contributed by atoms with E-state index in [0.29, 0.717) is 5.04 Å². The SMILES string of the molecule is CC(C)=CCO[Si](C)(C)C(C)(C)C. The molecule has 0 aromatic heterocycles. The third kappa shape index (κ3) is 4.63. The van der Waals surface area contributed by atoms with Gasteiger partial charge >= 0.3 is 0 Å². The fourth-order valence-electron chi connectivity index (χ4n) is 0.633. The van der Waals surface area contributed by atoms with Gasteiger partial charge in [-0.1, -0.05) is 32.4 Å². The predicted octanol–water partition coefficient (Wildman–Crippen LogP) is 3.97. The Kier molecular flexibility index (Phi) is 4.40. The van der Waals surface area contributed by atoms with Gasteiger partial charge in [-0.15, -0.1) is 0 Å². The predicted molar refractivity (Wildman–Crippen MR) is 62.6 cm³/mol. The van der Waals surface area contributed by atoms with Crippen molar-refractivity contribution >= 4 is 8.32 Å². The molecule has 0 aromatic rings. The molecule has 0 bridgehead atoms. The lowest BCUT2D eigenvalue weighted by molar-refractivity contribution is 0.327. The molecule has 0 amide bonds. The molecule has 0 aliphatic rings. The van der Waals surface area contributed by atoms with Crippen molar-refractivity contribution < 1.29 is 4.43 Å². The molecule has 0 aliphatic heterocycles. The maximum atomic E-state index is 5.97. The van der Waals surface area contributed by atoms with Crippen molar-refractivity contribution in [2.24, 2.45) is 0 Å². The number of rotatable bonds is 3. The molecule has 0 fully saturated rings. The summed E-state index contributed by atoms with van der Waals surface area (Å²) in [4.78, 5) is 0. The van der Waals surface area contributed by atoms with Gasteiger partial charge in [0.2, 0.25) is 0 Å². The highest BCUT2D eigenvalue weighted by molar-refractivity contribution is 6.74. The Morgan fingerprint density at radius 2 is 1.69 bits per heavy atom. The van der Waals surface area contributed by atoms with E-state index in [1.807, 2.05) is 0 Å². The smallest absolute Gasteiger partial charge is 0.192 e. The average Bonchev–Trinajstić information content (AvgIpc) is 1.82. The zero-order valence-electron chi connectivity index (χ0n) is 10.2. The summed E-state index contributed by atoms with van der Waals surface area (Å²) < 4.78 is 5.97. The van der Waals surface area contributed by atoms with E-state index >= 15 is 0 Å². The van der Waals surface area contributed by atoms with Crippen LogP contribution >= 0.6 is 0 Å². The standard InChI is InChI=1S/C11H24OSi/c1-10(2)8-9-12-13(6,7)11(3,4)5/h8H,9H2,1-7H3. The average molecular weight is 200 g/mol. The van der Waals surface area contributed by atoms with Crippen LogP contribution < -0.4 is 0 Å². The second-order valence-corrected chi connectivity index (χ2v) is 10.2. The lowest BCUT2D eigenvalue weighted by Gasteiger charge is -2.35. The summed E-state index contributed by atoms with van der Waals surface area (Å²) in [5.41, 5.74) is 1.33. The Morgan fingerprint density at radius 1 is 1.23 bits per heavy atom. The highest BCUT2D eigenvalue weighted by Crippen LogP contribution is 2.36. The molecule has 0 aromatic carbocycles. The molecule has 0 unspecified atom stereocenters. The molecule has 0 N–H and O–H groups in total.